The highest BCUT2D eigenvalue weighted by Gasteiger charge is 2.14. The zero-order valence-corrected chi connectivity index (χ0v) is 16.6. The van der Waals surface area contributed by atoms with Crippen LogP contribution in [0.5, 0.6) is 5.75 Å². The van der Waals surface area contributed by atoms with Crippen LogP contribution in [0.25, 0.3) is 11.0 Å². The summed E-state index contributed by atoms with van der Waals surface area (Å²) in [7, 11) is 0. The Hall–Kier alpha value is -3.73. The molecular weight excluding hydrogens is 383 g/mol. The maximum Gasteiger partial charge on any atom is 0.315 e. The Morgan fingerprint density at radius 3 is 2.17 bits per heavy atom. The van der Waals surface area contributed by atoms with Gasteiger partial charge in [-0.1, -0.05) is 0 Å². The minimum atomic E-state index is -0.423. The molecule has 0 spiro atoms. The average molecular weight is 402 g/mol. The molecule has 4 rings (SSSR count). The van der Waals surface area contributed by atoms with E-state index in [1.165, 1.54) is 24.3 Å². The lowest BCUT2D eigenvalue weighted by Gasteiger charge is -2.06. The van der Waals surface area contributed by atoms with Gasteiger partial charge in [0.2, 0.25) is 0 Å². The number of furan rings is 1. The third kappa shape index (κ3) is 4.01. The molecule has 0 aliphatic carbocycles. The van der Waals surface area contributed by atoms with Gasteiger partial charge in [0.05, 0.1) is 12.7 Å². The molecule has 150 valence electrons. The van der Waals surface area contributed by atoms with Gasteiger partial charge >= 0.3 is 5.97 Å². The molecule has 0 saturated carbocycles. The molecule has 0 fully saturated rings. The van der Waals surface area contributed by atoms with Gasteiger partial charge in [0.1, 0.15) is 17.1 Å². The van der Waals surface area contributed by atoms with E-state index in [-0.39, 0.29) is 12.2 Å². The van der Waals surface area contributed by atoms with E-state index in [0.29, 0.717) is 16.9 Å². The van der Waals surface area contributed by atoms with Crippen LogP contribution in [-0.2, 0) is 11.2 Å². The van der Waals surface area contributed by atoms with Crippen molar-refractivity contribution in [3.8, 4) is 5.75 Å². The summed E-state index contributed by atoms with van der Waals surface area (Å²) in [6.45, 7) is 4.02. The van der Waals surface area contributed by atoms with Crippen LogP contribution in [0.15, 0.2) is 71.3 Å². The van der Waals surface area contributed by atoms with Gasteiger partial charge in [-0.3, -0.25) is 9.59 Å². The number of carbonyl (C=O) groups is 2. The van der Waals surface area contributed by atoms with E-state index in [9.17, 15) is 14.0 Å². The summed E-state index contributed by atoms with van der Waals surface area (Å²) in [4.78, 5) is 24.8. The Labute approximate surface area is 172 Å². The fraction of sp³-hybridized carbons (Fsp3) is 0.120. The predicted molar refractivity (Wildman–Crippen MR) is 111 cm³/mol. The van der Waals surface area contributed by atoms with Crippen molar-refractivity contribution in [2.45, 2.75) is 20.3 Å². The van der Waals surface area contributed by atoms with Crippen LogP contribution >= 0.6 is 0 Å². The lowest BCUT2D eigenvalue weighted by Crippen LogP contribution is -2.11. The van der Waals surface area contributed by atoms with Gasteiger partial charge in [0, 0.05) is 22.1 Å². The van der Waals surface area contributed by atoms with Crippen molar-refractivity contribution in [2.75, 3.05) is 0 Å². The summed E-state index contributed by atoms with van der Waals surface area (Å²) in [6.07, 6.45) is 1.65. The van der Waals surface area contributed by atoms with Crippen molar-refractivity contribution >= 4 is 22.7 Å². The summed E-state index contributed by atoms with van der Waals surface area (Å²) in [5.74, 6) is -0.711. The zero-order chi connectivity index (χ0) is 21.3. The Kier molecular flexibility index (Phi) is 5.19. The second-order valence-corrected chi connectivity index (χ2v) is 7.20. The SMILES string of the molecule is Cc1cc2occ(CC(=O)Oc3ccc(C(=O)c4ccc(F)cc4)cc3)c2cc1C. The minimum absolute atomic E-state index is 0.0752. The average Bonchev–Trinajstić information content (AvgIpc) is 3.10. The molecule has 1 aromatic heterocycles. The van der Waals surface area contributed by atoms with E-state index in [0.717, 1.165) is 27.7 Å². The molecule has 4 nitrogen and oxygen atoms in total. The molecule has 5 heteroatoms. The number of hydrogen-bond donors (Lipinski definition) is 0. The Bertz CT molecular complexity index is 1230. The second kappa shape index (κ2) is 7.95. The fourth-order valence-corrected chi connectivity index (χ4v) is 3.24. The molecule has 0 N–H and O–H groups in total. The molecule has 0 unspecified atom stereocenters. The first-order valence-electron chi connectivity index (χ1n) is 9.49. The van der Waals surface area contributed by atoms with Crippen molar-refractivity contribution in [3.63, 3.8) is 0 Å². The zero-order valence-electron chi connectivity index (χ0n) is 16.6. The first-order chi connectivity index (χ1) is 14.4. The lowest BCUT2D eigenvalue weighted by molar-refractivity contribution is -0.133. The van der Waals surface area contributed by atoms with E-state index >= 15 is 0 Å². The van der Waals surface area contributed by atoms with Crippen LogP contribution in [0.2, 0.25) is 0 Å². The maximum absolute atomic E-state index is 13.0. The Morgan fingerprint density at radius 2 is 1.50 bits per heavy atom. The third-order valence-electron chi connectivity index (χ3n) is 5.06. The molecule has 0 atom stereocenters. The highest BCUT2D eigenvalue weighted by atomic mass is 19.1. The number of esters is 1. The summed E-state index contributed by atoms with van der Waals surface area (Å²) < 4.78 is 24.0. The van der Waals surface area contributed by atoms with Gasteiger partial charge in [-0.25, -0.2) is 4.39 Å². The number of ether oxygens (including phenoxy) is 1. The van der Waals surface area contributed by atoms with Crippen molar-refractivity contribution in [1.82, 2.24) is 0 Å². The van der Waals surface area contributed by atoms with E-state index in [2.05, 4.69) is 0 Å². The molecule has 4 aromatic rings. The summed E-state index contributed by atoms with van der Waals surface area (Å²) in [6, 6.07) is 15.6. The smallest absolute Gasteiger partial charge is 0.315 e. The number of fused-ring (bicyclic) bond motifs is 1. The summed E-state index contributed by atoms with van der Waals surface area (Å²) in [5, 5.41) is 0.898. The van der Waals surface area contributed by atoms with Crippen LogP contribution < -0.4 is 4.74 Å². The topological polar surface area (TPSA) is 56.5 Å². The number of aryl methyl sites for hydroxylation is 2. The van der Waals surface area contributed by atoms with E-state index in [1.54, 1.807) is 30.5 Å². The largest absolute Gasteiger partial charge is 0.464 e. The third-order valence-corrected chi connectivity index (χ3v) is 5.06. The van der Waals surface area contributed by atoms with Crippen LogP contribution in [-0.4, -0.2) is 11.8 Å². The minimum Gasteiger partial charge on any atom is -0.464 e. The first-order valence-corrected chi connectivity index (χ1v) is 9.49. The standard InChI is InChI=1S/C25H19FO4/c1-15-11-22-19(14-29-23(22)12-16(15)2)13-24(27)30-21-9-5-18(6-10-21)25(28)17-3-7-20(26)8-4-17/h3-12,14H,13H2,1-2H3. The molecular formula is C25H19FO4. The van der Waals surface area contributed by atoms with Gasteiger partial charge in [0.25, 0.3) is 0 Å². The highest BCUT2D eigenvalue weighted by molar-refractivity contribution is 6.09. The van der Waals surface area contributed by atoms with Gasteiger partial charge in [-0.15, -0.1) is 0 Å². The van der Waals surface area contributed by atoms with Gasteiger partial charge in [-0.05, 0) is 85.6 Å². The van der Waals surface area contributed by atoms with Crippen molar-refractivity contribution in [3.05, 3.63) is 101 Å². The molecule has 0 bridgehead atoms. The predicted octanol–water partition coefficient (Wildman–Crippen LogP) is 5.57. The molecule has 1 heterocycles. The van der Waals surface area contributed by atoms with Crippen molar-refractivity contribution in [1.29, 1.82) is 0 Å². The van der Waals surface area contributed by atoms with Crippen LogP contribution in [0.4, 0.5) is 4.39 Å². The van der Waals surface area contributed by atoms with Gasteiger partial charge in [-0.2, -0.15) is 0 Å². The molecule has 0 radical (unpaired) electrons. The van der Waals surface area contributed by atoms with Crippen LogP contribution in [0.3, 0.4) is 0 Å². The quantitative estimate of drug-likeness (QED) is 0.249. The Morgan fingerprint density at radius 1 is 0.900 bits per heavy atom. The normalized spacial score (nSPS) is 10.9. The van der Waals surface area contributed by atoms with Gasteiger partial charge < -0.3 is 9.15 Å². The lowest BCUT2D eigenvalue weighted by atomic mass is 10.0. The highest BCUT2D eigenvalue weighted by Crippen LogP contribution is 2.25. The fourth-order valence-electron chi connectivity index (χ4n) is 3.24. The van der Waals surface area contributed by atoms with E-state index in [4.69, 9.17) is 9.15 Å². The monoisotopic (exact) mass is 402 g/mol. The molecule has 0 aliphatic rings. The number of carbonyl (C=O) groups excluding carboxylic acids is 2. The maximum atomic E-state index is 13.0. The number of rotatable bonds is 5. The molecule has 0 amide bonds. The number of hydrogen-bond acceptors (Lipinski definition) is 4. The van der Waals surface area contributed by atoms with Gasteiger partial charge in [0.15, 0.2) is 5.78 Å². The molecule has 3 aromatic carbocycles. The number of halogens is 1. The molecule has 0 saturated heterocycles. The summed E-state index contributed by atoms with van der Waals surface area (Å²) in [5.41, 5.74) is 4.57. The van der Waals surface area contributed by atoms with E-state index in [1.807, 2.05) is 26.0 Å². The Balaban J connectivity index is 1.44. The number of ketones is 1. The van der Waals surface area contributed by atoms with Crippen molar-refractivity contribution in [2.24, 2.45) is 0 Å². The molecule has 0 aliphatic heterocycles. The van der Waals surface area contributed by atoms with Crippen LogP contribution in [0.1, 0.15) is 32.6 Å². The molecule has 30 heavy (non-hydrogen) atoms. The van der Waals surface area contributed by atoms with Crippen molar-refractivity contribution < 1.29 is 23.1 Å². The van der Waals surface area contributed by atoms with E-state index < -0.39 is 11.8 Å². The second-order valence-electron chi connectivity index (χ2n) is 7.20. The first kappa shape index (κ1) is 19.6. The van der Waals surface area contributed by atoms with Crippen LogP contribution in [0, 0.1) is 19.7 Å². The number of benzene rings is 3. The summed E-state index contributed by atoms with van der Waals surface area (Å²) >= 11 is 0.